The van der Waals surface area contributed by atoms with E-state index in [1.807, 2.05) is 12.2 Å². The Bertz CT molecular complexity index is 1770. The van der Waals surface area contributed by atoms with Gasteiger partial charge in [-0.15, -0.1) is 0 Å². The lowest BCUT2D eigenvalue weighted by Gasteiger charge is -2.30. The maximum atomic E-state index is 14.2. The number of halogens is 1. The van der Waals surface area contributed by atoms with Crippen molar-refractivity contribution in [2.45, 2.75) is 113 Å². The molecule has 2 aromatic rings. The van der Waals surface area contributed by atoms with Crippen LogP contribution in [0.1, 0.15) is 78.6 Å². The van der Waals surface area contributed by atoms with Crippen LogP contribution < -0.4 is 20.1 Å². The molecule has 3 N–H and O–H groups in total. The summed E-state index contributed by atoms with van der Waals surface area (Å²) < 4.78 is 58.3. The smallest absolute Gasteiger partial charge is 0.408 e. The van der Waals surface area contributed by atoms with E-state index in [1.54, 1.807) is 20.8 Å². The molecule has 2 saturated carbocycles. The third-order valence-corrected chi connectivity index (χ3v) is 11.0. The van der Waals surface area contributed by atoms with Crippen LogP contribution in [0, 0.1) is 11.7 Å². The number of fused-ring (bicyclic) bond motifs is 3. The molecule has 49 heavy (non-hydrogen) atoms. The highest BCUT2D eigenvalue weighted by Crippen LogP contribution is 2.46. The molecule has 16 heteroatoms. The van der Waals surface area contributed by atoms with Crippen molar-refractivity contribution in [2.75, 3.05) is 6.54 Å². The fraction of sp³-hybridized carbons (Fsp3) is 0.606. The predicted octanol–water partition coefficient (Wildman–Crippen LogP) is 3.21. The Balaban J connectivity index is 1.28. The molecule has 6 rings (SSSR count). The molecule has 0 unspecified atom stereocenters. The number of ether oxygens (including phenoxy) is 2. The Morgan fingerprint density at radius 3 is 2.65 bits per heavy atom. The van der Waals surface area contributed by atoms with Crippen molar-refractivity contribution in [1.82, 2.24) is 25.2 Å². The number of rotatable bonds is 6. The average molecular weight is 704 g/mol. The van der Waals surface area contributed by atoms with E-state index in [1.165, 1.54) is 17.0 Å². The number of hydrogen-bond acceptors (Lipinski definition) is 10. The van der Waals surface area contributed by atoms with E-state index in [0.29, 0.717) is 31.2 Å². The summed E-state index contributed by atoms with van der Waals surface area (Å²) in [7, 11) is -3.90. The third kappa shape index (κ3) is 8.00. The highest BCUT2D eigenvalue weighted by atomic mass is 32.2. The molecule has 266 valence electrons. The molecular weight excluding hydrogens is 661 g/mol. The fourth-order valence-electron chi connectivity index (χ4n) is 6.37. The first-order valence-electron chi connectivity index (χ1n) is 16.7. The topological polar surface area (TPSA) is 186 Å². The Morgan fingerprint density at radius 1 is 1.14 bits per heavy atom. The molecule has 3 heterocycles. The number of oxazole rings is 1. The van der Waals surface area contributed by atoms with Gasteiger partial charge in [0.2, 0.25) is 21.8 Å². The van der Waals surface area contributed by atoms with Crippen LogP contribution in [-0.4, -0.2) is 83.2 Å². The molecule has 2 aliphatic carbocycles. The summed E-state index contributed by atoms with van der Waals surface area (Å²) in [6, 6.07) is 1.61. The largest absolute Gasteiger partial charge is 0.445 e. The molecule has 1 aromatic carbocycles. The molecule has 4 aliphatic rings. The Labute approximate surface area is 283 Å². The zero-order valence-corrected chi connectivity index (χ0v) is 28.5. The number of amides is 4. The minimum atomic E-state index is -3.90. The van der Waals surface area contributed by atoms with Crippen LogP contribution in [-0.2, 0) is 29.1 Å². The second-order valence-corrected chi connectivity index (χ2v) is 16.2. The molecule has 0 bridgehead atoms. The number of nitrogens with zero attached hydrogens (tertiary/aromatic N) is 2. The van der Waals surface area contributed by atoms with E-state index in [-0.39, 0.29) is 37.5 Å². The normalized spacial score (nSPS) is 28.0. The summed E-state index contributed by atoms with van der Waals surface area (Å²) in [5.41, 5.74) is -1.84. The molecule has 1 saturated heterocycles. The molecule has 2 aliphatic heterocycles. The fourth-order valence-corrected chi connectivity index (χ4v) is 7.73. The maximum Gasteiger partial charge on any atom is 0.408 e. The summed E-state index contributed by atoms with van der Waals surface area (Å²) in [5, 5.41) is 4.84. The number of sulfonamides is 1. The van der Waals surface area contributed by atoms with Crippen LogP contribution in [0.5, 0.6) is 6.08 Å². The SMILES string of the molecule is CC(C)(C)OC(=O)N[C@H]1CCCCCC=C[C@@H]2C[C@@]2(C(=O)NS(=O)(=O)C2CC2)NC(=O)[C@@H]2C[C@@H](Oc3nc4ccc(F)cc4o3)CN2C1=O. The van der Waals surface area contributed by atoms with Gasteiger partial charge in [0.05, 0.1) is 11.8 Å². The van der Waals surface area contributed by atoms with E-state index in [9.17, 15) is 32.0 Å². The first-order valence-corrected chi connectivity index (χ1v) is 18.3. The molecule has 3 fully saturated rings. The minimum absolute atomic E-state index is 0.0393. The van der Waals surface area contributed by atoms with Gasteiger partial charge in [0.1, 0.15) is 40.7 Å². The van der Waals surface area contributed by atoms with Gasteiger partial charge in [-0.05, 0) is 71.4 Å². The van der Waals surface area contributed by atoms with Crippen molar-refractivity contribution >= 4 is 44.9 Å². The van der Waals surface area contributed by atoms with Crippen molar-refractivity contribution in [3.05, 3.63) is 36.2 Å². The van der Waals surface area contributed by atoms with Crippen LogP contribution >= 0.6 is 0 Å². The van der Waals surface area contributed by atoms with Gasteiger partial charge in [-0.3, -0.25) is 19.1 Å². The molecular formula is C33H42FN5O9S. The maximum absolute atomic E-state index is 14.2. The quantitative estimate of drug-likeness (QED) is 0.377. The lowest BCUT2D eigenvalue weighted by molar-refractivity contribution is -0.141. The van der Waals surface area contributed by atoms with Crippen molar-refractivity contribution in [3.63, 3.8) is 0 Å². The molecule has 5 atom stereocenters. The summed E-state index contributed by atoms with van der Waals surface area (Å²) in [5.74, 6) is -3.02. The second-order valence-electron chi connectivity index (χ2n) is 14.3. The third-order valence-electron chi connectivity index (χ3n) is 9.13. The molecule has 1 aromatic heterocycles. The zero-order valence-electron chi connectivity index (χ0n) is 27.7. The summed E-state index contributed by atoms with van der Waals surface area (Å²) in [4.78, 5) is 60.3. The summed E-state index contributed by atoms with van der Waals surface area (Å²) in [6.45, 7) is 5.01. The van der Waals surface area contributed by atoms with Crippen molar-refractivity contribution < 1.29 is 45.9 Å². The van der Waals surface area contributed by atoms with Crippen LogP contribution in [0.3, 0.4) is 0 Å². The van der Waals surface area contributed by atoms with Crippen LogP contribution in [0.4, 0.5) is 9.18 Å². The second kappa shape index (κ2) is 13.2. The van der Waals surface area contributed by atoms with E-state index >= 15 is 0 Å². The van der Waals surface area contributed by atoms with Gasteiger partial charge in [0.25, 0.3) is 5.91 Å². The average Bonchev–Trinajstić information content (AvgIpc) is 3.90. The van der Waals surface area contributed by atoms with Gasteiger partial charge >= 0.3 is 12.2 Å². The highest BCUT2D eigenvalue weighted by molar-refractivity contribution is 7.91. The number of carbonyl (C=O) groups excluding carboxylic acids is 4. The Kier molecular flexibility index (Phi) is 9.37. The van der Waals surface area contributed by atoms with Gasteiger partial charge in [0, 0.05) is 18.4 Å². The van der Waals surface area contributed by atoms with Crippen LogP contribution in [0.15, 0.2) is 34.8 Å². The zero-order chi connectivity index (χ0) is 35.1. The van der Waals surface area contributed by atoms with E-state index in [2.05, 4.69) is 20.3 Å². The molecule has 14 nitrogen and oxygen atoms in total. The van der Waals surface area contributed by atoms with Gasteiger partial charge in [-0.1, -0.05) is 25.0 Å². The van der Waals surface area contributed by atoms with Crippen LogP contribution in [0.25, 0.3) is 11.1 Å². The number of nitrogens with one attached hydrogen (secondary N) is 3. The standard InChI is InChI=1S/C33H42FN5O9S/c1-32(2,3)48-30(43)35-24-10-8-6-4-5-7-9-19-17-33(19,29(42)38-49(44,45)22-12-13-22)37-27(40)25-16-21(18-39(25)28(24)41)46-31-36-23-14-11-20(34)15-26(23)47-31/h7,9,11,14-15,19,21-22,24-25H,4-6,8,10,12-13,16-18H2,1-3H3,(H,35,43)(H,37,40)(H,38,42)/t19-,21-,24+,25+,33-/m1/s1. The van der Waals surface area contributed by atoms with Gasteiger partial charge < -0.3 is 29.4 Å². The van der Waals surface area contributed by atoms with Crippen molar-refractivity contribution in [1.29, 1.82) is 0 Å². The molecule has 4 amide bonds. The number of benzene rings is 1. The number of carbonyl (C=O) groups is 4. The predicted molar refractivity (Wildman–Crippen MR) is 173 cm³/mol. The summed E-state index contributed by atoms with van der Waals surface area (Å²) in [6.07, 6.45) is 6.10. The Hall–Kier alpha value is -4.21. The van der Waals surface area contributed by atoms with Crippen molar-refractivity contribution in [3.8, 4) is 6.08 Å². The first kappa shape index (κ1) is 34.6. The van der Waals surface area contributed by atoms with E-state index in [0.717, 1.165) is 18.9 Å². The lowest BCUT2D eigenvalue weighted by atomic mass is 10.0. The van der Waals surface area contributed by atoms with Gasteiger partial charge in [-0.2, -0.15) is 4.98 Å². The number of alkyl carbamates (subject to hydrolysis) is 1. The molecule has 0 spiro atoms. The molecule has 0 radical (unpaired) electrons. The number of hydrogen-bond donors (Lipinski definition) is 3. The van der Waals surface area contributed by atoms with E-state index < -0.39 is 80.2 Å². The first-order chi connectivity index (χ1) is 23.1. The summed E-state index contributed by atoms with van der Waals surface area (Å²) >= 11 is 0. The Morgan fingerprint density at radius 2 is 1.92 bits per heavy atom. The van der Waals surface area contributed by atoms with Gasteiger partial charge in [-0.25, -0.2) is 17.6 Å². The number of allylic oxidation sites excluding steroid dienone is 1. The van der Waals surface area contributed by atoms with E-state index in [4.69, 9.17) is 13.9 Å². The monoisotopic (exact) mass is 703 g/mol. The van der Waals surface area contributed by atoms with Crippen LogP contribution in [0.2, 0.25) is 0 Å². The minimum Gasteiger partial charge on any atom is -0.445 e. The van der Waals surface area contributed by atoms with Crippen molar-refractivity contribution in [2.24, 2.45) is 5.92 Å². The number of aromatic nitrogens is 1. The lowest BCUT2D eigenvalue weighted by Crippen LogP contribution is -2.58. The highest BCUT2D eigenvalue weighted by Gasteiger charge is 2.62. The van der Waals surface area contributed by atoms with Gasteiger partial charge in [0.15, 0.2) is 5.58 Å².